The lowest BCUT2D eigenvalue weighted by Crippen LogP contribution is -2.23. The first-order chi connectivity index (χ1) is 6.34. The van der Waals surface area contributed by atoms with Gasteiger partial charge >= 0.3 is 0 Å². The lowest BCUT2D eigenvalue weighted by molar-refractivity contribution is 0.0954. The van der Waals surface area contributed by atoms with Crippen LogP contribution in [0.4, 0.5) is 0 Å². The van der Waals surface area contributed by atoms with E-state index in [2.05, 4.69) is 21.9 Å². The van der Waals surface area contributed by atoms with E-state index >= 15 is 0 Å². The van der Waals surface area contributed by atoms with Crippen molar-refractivity contribution in [1.29, 1.82) is 0 Å². The maximum absolute atomic E-state index is 11.3. The van der Waals surface area contributed by atoms with Crippen molar-refractivity contribution in [1.82, 2.24) is 10.3 Å². The summed E-state index contributed by atoms with van der Waals surface area (Å²) in [7, 11) is 0.614. The molecule has 0 aromatic carbocycles. The van der Waals surface area contributed by atoms with Crippen LogP contribution in [-0.4, -0.2) is 24.1 Å². The number of H-pyrrole nitrogens is 1. The van der Waals surface area contributed by atoms with Gasteiger partial charge in [0.15, 0.2) is 0 Å². The highest BCUT2D eigenvalue weighted by Crippen LogP contribution is 1.95. The predicted octanol–water partition coefficient (Wildman–Crippen LogP) is 1.01. The van der Waals surface area contributed by atoms with Gasteiger partial charge in [0.2, 0.25) is 0 Å². The van der Waals surface area contributed by atoms with Crippen molar-refractivity contribution in [3.05, 3.63) is 24.0 Å². The minimum absolute atomic E-state index is 0.112. The molecule has 0 saturated heterocycles. The highest BCUT2D eigenvalue weighted by atomic mass is 31.1. The molecular weight excluding hydrogens is 183 g/mol. The summed E-state index contributed by atoms with van der Waals surface area (Å²) >= 11 is 0. The molecule has 1 amide bonds. The Morgan fingerprint density at radius 2 is 2.62 bits per heavy atom. The van der Waals surface area contributed by atoms with Crippen molar-refractivity contribution in [3.63, 3.8) is 0 Å². The molecular formula is C9H11N2OP. The first-order valence-corrected chi connectivity index (χ1v) is 5.41. The molecule has 0 bridgehead atoms. The van der Waals surface area contributed by atoms with Crippen LogP contribution in [0.5, 0.6) is 0 Å². The van der Waals surface area contributed by atoms with Crippen LogP contribution in [-0.2, 0) is 0 Å². The van der Waals surface area contributed by atoms with Gasteiger partial charge in [-0.15, -0.1) is 0 Å². The Kier molecular flexibility index (Phi) is 4.08. The van der Waals surface area contributed by atoms with E-state index in [-0.39, 0.29) is 5.91 Å². The van der Waals surface area contributed by atoms with Gasteiger partial charge in [0, 0.05) is 6.20 Å². The third-order valence-corrected chi connectivity index (χ3v) is 1.82. The number of amides is 1. The van der Waals surface area contributed by atoms with E-state index in [1.165, 1.54) is 0 Å². The SMILES string of the molecule is CPC#CCNC(=O)c1ccc[nH]1. The molecule has 1 rings (SSSR count). The fourth-order valence-corrected chi connectivity index (χ4v) is 1.09. The van der Waals surface area contributed by atoms with E-state index in [9.17, 15) is 4.79 Å². The molecule has 2 N–H and O–H groups in total. The molecule has 0 aliphatic rings. The van der Waals surface area contributed by atoms with Crippen molar-refractivity contribution in [2.45, 2.75) is 0 Å². The fourth-order valence-electron chi connectivity index (χ4n) is 0.824. The van der Waals surface area contributed by atoms with Gasteiger partial charge in [0.25, 0.3) is 5.91 Å². The molecule has 1 unspecified atom stereocenters. The lowest BCUT2D eigenvalue weighted by Gasteiger charge is -1.96. The van der Waals surface area contributed by atoms with Crippen molar-refractivity contribution >= 4 is 14.5 Å². The summed E-state index contributed by atoms with van der Waals surface area (Å²) < 4.78 is 0. The molecule has 68 valence electrons. The van der Waals surface area contributed by atoms with E-state index < -0.39 is 0 Å². The zero-order chi connectivity index (χ0) is 9.52. The third-order valence-electron chi connectivity index (χ3n) is 1.39. The Hall–Kier alpha value is -1.26. The Balaban J connectivity index is 2.35. The number of aromatic nitrogens is 1. The van der Waals surface area contributed by atoms with Gasteiger partial charge in [0.05, 0.1) is 6.54 Å². The number of hydrogen-bond donors (Lipinski definition) is 2. The quantitative estimate of drug-likeness (QED) is 0.535. The maximum atomic E-state index is 11.3. The van der Waals surface area contributed by atoms with Gasteiger partial charge in [0.1, 0.15) is 5.69 Å². The summed E-state index contributed by atoms with van der Waals surface area (Å²) in [4.78, 5) is 14.1. The topological polar surface area (TPSA) is 44.9 Å². The molecule has 0 radical (unpaired) electrons. The molecule has 3 nitrogen and oxygen atoms in total. The van der Waals surface area contributed by atoms with Gasteiger partial charge in [-0.3, -0.25) is 4.79 Å². The largest absolute Gasteiger partial charge is 0.357 e. The van der Waals surface area contributed by atoms with Crippen molar-refractivity contribution < 1.29 is 4.79 Å². The van der Waals surface area contributed by atoms with Gasteiger partial charge in [-0.05, 0) is 27.4 Å². The summed E-state index contributed by atoms with van der Waals surface area (Å²) in [5.74, 6) is 2.73. The summed E-state index contributed by atoms with van der Waals surface area (Å²) in [5.41, 5.74) is 3.47. The van der Waals surface area contributed by atoms with E-state index in [1.807, 2.05) is 6.66 Å². The number of nitrogens with one attached hydrogen (secondary N) is 2. The van der Waals surface area contributed by atoms with Crippen molar-refractivity contribution in [2.24, 2.45) is 0 Å². The molecule has 4 heteroatoms. The summed E-state index contributed by atoms with van der Waals surface area (Å²) in [6, 6.07) is 3.51. The minimum Gasteiger partial charge on any atom is -0.357 e. The van der Waals surface area contributed by atoms with E-state index in [0.717, 1.165) is 0 Å². The Labute approximate surface area is 79.1 Å². The summed E-state index contributed by atoms with van der Waals surface area (Å²) in [6.07, 6.45) is 1.72. The minimum atomic E-state index is -0.112. The molecule has 0 aliphatic carbocycles. The van der Waals surface area contributed by atoms with Gasteiger partial charge in [-0.25, -0.2) is 0 Å². The molecule has 0 fully saturated rings. The van der Waals surface area contributed by atoms with E-state index in [4.69, 9.17) is 0 Å². The molecule has 1 atom stereocenters. The number of carbonyl (C=O) groups is 1. The second-order valence-corrected chi connectivity index (χ2v) is 3.07. The fraction of sp³-hybridized carbons (Fsp3) is 0.222. The number of rotatable bonds is 2. The monoisotopic (exact) mass is 194 g/mol. The second kappa shape index (κ2) is 5.40. The molecule has 13 heavy (non-hydrogen) atoms. The van der Waals surface area contributed by atoms with Crippen LogP contribution in [0.3, 0.4) is 0 Å². The molecule has 0 saturated carbocycles. The van der Waals surface area contributed by atoms with Gasteiger partial charge in [-0.2, -0.15) is 0 Å². The number of carbonyl (C=O) groups excluding carboxylic acids is 1. The molecule has 1 aromatic rings. The van der Waals surface area contributed by atoms with Crippen molar-refractivity contribution in [3.8, 4) is 11.6 Å². The van der Waals surface area contributed by atoms with Gasteiger partial charge < -0.3 is 10.3 Å². The lowest BCUT2D eigenvalue weighted by atomic mass is 10.4. The smallest absolute Gasteiger partial charge is 0.268 e. The zero-order valence-electron chi connectivity index (χ0n) is 7.35. The highest BCUT2D eigenvalue weighted by Gasteiger charge is 2.02. The van der Waals surface area contributed by atoms with Crippen molar-refractivity contribution in [2.75, 3.05) is 13.2 Å². The first-order valence-electron chi connectivity index (χ1n) is 3.91. The Morgan fingerprint density at radius 1 is 1.77 bits per heavy atom. The summed E-state index contributed by atoms with van der Waals surface area (Å²) in [5, 5.41) is 2.68. The van der Waals surface area contributed by atoms with E-state index in [0.29, 0.717) is 20.8 Å². The van der Waals surface area contributed by atoms with Crippen LogP contribution < -0.4 is 5.32 Å². The van der Waals surface area contributed by atoms with Crippen LogP contribution in [0.15, 0.2) is 18.3 Å². The van der Waals surface area contributed by atoms with Gasteiger partial charge in [-0.1, -0.05) is 11.6 Å². The van der Waals surface area contributed by atoms with Crippen LogP contribution in [0.25, 0.3) is 0 Å². The predicted molar refractivity (Wildman–Crippen MR) is 55.1 cm³/mol. The maximum Gasteiger partial charge on any atom is 0.268 e. The number of aromatic amines is 1. The normalized spacial score (nSPS) is 9.62. The first kappa shape index (κ1) is 9.83. The molecule has 0 aliphatic heterocycles. The molecule has 1 heterocycles. The van der Waals surface area contributed by atoms with Crippen LogP contribution >= 0.6 is 8.58 Å². The average molecular weight is 194 g/mol. The standard InChI is InChI=1S/C9H11N2OP/c1-13-7-3-6-11-9(12)8-4-2-5-10-8/h2,4-5,10,13H,6H2,1H3,(H,11,12). The Morgan fingerprint density at radius 3 is 3.23 bits per heavy atom. The third kappa shape index (κ3) is 3.31. The molecule has 1 aromatic heterocycles. The van der Waals surface area contributed by atoms with Crippen LogP contribution in [0.2, 0.25) is 0 Å². The zero-order valence-corrected chi connectivity index (χ0v) is 8.35. The van der Waals surface area contributed by atoms with Crippen LogP contribution in [0.1, 0.15) is 10.5 Å². The van der Waals surface area contributed by atoms with Crippen LogP contribution in [0, 0.1) is 11.6 Å². The Bertz CT molecular complexity index is 321. The average Bonchev–Trinajstić information content (AvgIpc) is 2.65. The molecule has 0 spiro atoms. The second-order valence-electron chi connectivity index (χ2n) is 2.32. The highest BCUT2D eigenvalue weighted by molar-refractivity contribution is 7.43. The number of hydrogen-bond acceptors (Lipinski definition) is 1. The van der Waals surface area contributed by atoms with E-state index in [1.54, 1.807) is 18.3 Å². The summed E-state index contributed by atoms with van der Waals surface area (Å²) in [6.45, 7) is 2.42.